The standard InChI is InChI=1S/C18H29NO2/c1-14(2)11-18(8-4-5-9-18)13-19-12-15-6-7-16(21-3)10-17(15)20/h6-7,10,14,19-20H,4-5,8-9,11-13H2,1-3H3. The van der Waals surface area contributed by atoms with Gasteiger partial charge in [-0.15, -0.1) is 0 Å². The van der Waals surface area contributed by atoms with Crippen molar-refractivity contribution in [2.75, 3.05) is 13.7 Å². The zero-order chi connectivity index (χ0) is 15.3. The van der Waals surface area contributed by atoms with E-state index in [2.05, 4.69) is 19.2 Å². The molecule has 0 heterocycles. The highest BCUT2D eigenvalue weighted by Gasteiger charge is 2.33. The predicted octanol–water partition coefficient (Wildman–Crippen LogP) is 4.10. The molecule has 1 aliphatic rings. The van der Waals surface area contributed by atoms with Crippen molar-refractivity contribution < 1.29 is 9.84 Å². The van der Waals surface area contributed by atoms with Gasteiger partial charge in [-0.1, -0.05) is 32.8 Å². The van der Waals surface area contributed by atoms with Crippen LogP contribution >= 0.6 is 0 Å². The minimum absolute atomic E-state index is 0.311. The third kappa shape index (κ3) is 4.37. The second kappa shape index (κ2) is 7.17. The summed E-state index contributed by atoms with van der Waals surface area (Å²) in [6.07, 6.45) is 6.71. The van der Waals surface area contributed by atoms with E-state index in [0.717, 1.165) is 24.6 Å². The summed E-state index contributed by atoms with van der Waals surface area (Å²) < 4.78 is 5.12. The van der Waals surface area contributed by atoms with Crippen LogP contribution in [0.1, 0.15) is 51.5 Å². The molecule has 21 heavy (non-hydrogen) atoms. The SMILES string of the molecule is COc1ccc(CNCC2(CC(C)C)CCCC2)c(O)c1. The van der Waals surface area contributed by atoms with Crippen molar-refractivity contribution in [3.8, 4) is 11.5 Å². The monoisotopic (exact) mass is 291 g/mol. The Bertz CT molecular complexity index is 451. The van der Waals surface area contributed by atoms with E-state index in [1.165, 1.54) is 32.1 Å². The van der Waals surface area contributed by atoms with Gasteiger partial charge in [-0.3, -0.25) is 0 Å². The summed E-state index contributed by atoms with van der Waals surface area (Å²) in [7, 11) is 1.61. The molecule has 0 amide bonds. The molecule has 3 heteroatoms. The van der Waals surface area contributed by atoms with Crippen LogP contribution in [-0.4, -0.2) is 18.8 Å². The van der Waals surface area contributed by atoms with Crippen molar-refractivity contribution in [3.05, 3.63) is 23.8 Å². The van der Waals surface area contributed by atoms with Gasteiger partial charge in [0, 0.05) is 24.7 Å². The Balaban J connectivity index is 1.90. The van der Waals surface area contributed by atoms with E-state index in [1.54, 1.807) is 13.2 Å². The minimum atomic E-state index is 0.311. The lowest BCUT2D eigenvalue weighted by molar-refractivity contribution is 0.223. The molecule has 0 atom stereocenters. The fraction of sp³-hybridized carbons (Fsp3) is 0.667. The Morgan fingerprint density at radius 2 is 2.00 bits per heavy atom. The molecule has 2 rings (SSSR count). The number of hydrogen-bond acceptors (Lipinski definition) is 3. The first-order valence-corrected chi connectivity index (χ1v) is 8.11. The normalized spacial score (nSPS) is 17.3. The maximum Gasteiger partial charge on any atom is 0.123 e. The number of methoxy groups -OCH3 is 1. The van der Waals surface area contributed by atoms with Crippen molar-refractivity contribution in [2.45, 2.75) is 52.5 Å². The average Bonchev–Trinajstić information content (AvgIpc) is 2.88. The molecule has 0 spiro atoms. The molecule has 1 aliphatic carbocycles. The number of ether oxygens (including phenoxy) is 1. The van der Waals surface area contributed by atoms with E-state index in [0.29, 0.717) is 16.9 Å². The smallest absolute Gasteiger partial charge is 0.123 e. The van der Waals surface area contributed by atoms with Crippen LogP contribution in [0.15, 0.2) is 18.2 Å². The lowest BCUT2D eigenvalue weighted by Crippen LogP contribution is -2.33. The van der Waals surface area contributed by atoms with Crippen LogP contribution in [0.25, 0.3) is 0 Å². The summed E-state index contributed by atoms with van der Waals surface area (Å²) in [5.41, 5.74) is 1.41. The summed E-state index contributed by atoms with van der Waals surface area (Å²) in [4.78, 5) is 0. The molecular formula is C18H29NO2. The molecule has 118 valence electrons. The highest BCUT2D eigenvalue weighted by atomic mass is 16.5. The van der Waals surface area contributed by atoms with Crippen LogP contribution in [-0.2, 0) is 6.54 Å². The predicted molar refractivity (Wildman–Crippen MR) is 86.7 cm³/mol. The number of phenols is 1. The number of rotatable bonds is 7. The first kappa shape index (κ1) is 16.2. The molecular weight excluding hydrogens is 262 g/mol. The maximum atomic E-state index is 10.0. The van der Waals surface area contributed by atoms with Crippen molar-refractivity contribution in [1.29, 1.82) is 0 Å². The molecule has 3 nitrogen and oxygen atoms in total. The van der Waals surface area contributed by atoms with Gasteiger partial charge in [-0.25, -0.2) is 0 Å². The van der Waals surface area contributed by atoms with Crippen LogP contribution in [0.3, 0.4) is 0 Å². The highest BCUT2D eigenvalue weighted by Crippen LogP contribution is 2.42. The highest BCUT2D eigenvalue weighted by molar-refractivity contribution is 5.39. The molecule has 1 saturated carbocycles. The third-order valence-electron chi connectivity index (χ3n) is 4.61. The van der Waals surface area contributed by atoms with E-state index in [-0.39, 0.29) is 0 Å². The molecule has 0 radical (unpaired) electrons. The number of hydrogen-bond donors (Lipinski definition) is 2. The lowest BCUT2D eigenvalue weighted by Gasteiger charge is -2.31. The van der Waals surface area contributed by atoms with Gasteiger partial charge in [-0.05, 0) is 36.7 Å². The van der Waals surface area contributed by atoms with Crippen LogP contribution in [0, 0.1) is 11.3 Å². The quantitative estimate of drug-likeness (QED) is 0.795. The summed E-state index contributed by atoms with van der Waals surface area (Å²) in [6, 6.07) is 5.51. The van der Waals surface area contributed by atoms with Crippen molar-refractivity contribution in [3.63, 3.8) is 0 Å². The average molecular weight is 291 g/mol. The summed E-state index contributed by atoms with van der Waals surface area (Å²) >= 11 is 0. The first-order chi connectivity index (χ1) is 10.0. The van der Waals surface area contributed by atoms with E-state index >= 15 is 0 Å². The first-order valence-electron chi connectivity index (χ1n) is 8.11. The second-order valence-corrected chi connectivity index (χ2v) is 6.90. The Hall–Kier alpha value is -1.22. The van der Waals surface area contributed by atoms with Gasteiger partial charge >= 0.3 is 0 Å². The molecule has 1 aromatic carbocycles. The summed E-state index contributed by atoms with van der Waals surface area (Å²) in [5, 5.41) is 13.6. The van der Waals surface area contributed by atoms with E-state index in [4.69, 9.17) is 4.74 Å². The molecule has 1 fully saturated rings. The number of phenolic OH excluding ortho intramolecular Hbond substituents is 1. The van der Waals surface area contributed by atoms with Gasteiger partial charge in [0.05, 0.1) is 7.11 Å². The molecule has 0 bridgehead atoms. The van der Waals surface area contributed by atoms with Gasteiger partial charge in [0.15, 0.2) is 0 Å². The van der Waals surface area contributed by atoms with Gasteiger partial charge < -0.3 is 15.2 Å². The molecule has 0 unspecified atom stereocenters. The summed E-state index contributed by atoms with van der Waals surface area (Å²) in [5.74, 6) is 1.76. The molecule has 0 saturated heterocycles. The van der Waals surface area contributed by atoms with Crippen LogP contribution in [0.2, 0.25) is 0 Å². The maximum absolute atomic E-state index is 10.0. The zero-order valence-electron chi connectivity index (χ0n) is 13.6. The summed E-state index contributed by atoms with van der Waals surface area (Å²) in [6.45, 7) is 6.40. The Labute approximate surface area is 128 Å². The molecule has 1 aromatic rings. The van der Waals surface area contributed by atoms with E-state index in [9.17, 15) is 5.11 Å². The van der Waals surface area contributed by atoms with Gasteiger partial charge in [0.2, 0.25) is 0 Å². The number of benzene rings is 1. The number of aromatic hydroxyl groups is 1. The minimum Gasteiger partial charge on any atom is -0.507 e. The molecule has 0 aromatic heterocycles. The fourth-order valence-corrected chi connectivity index (χ4v) is 3.73. The van der Waals surface area contributed by atoms with Gasteiger partial charge in [-0.2, -0.15) is 0 Å². The van der Waals surface area contributed by atoms with Crippen LogP contribution in [0.4, 0.5) is 0 Å². The Kier molecular flexibility index (Phi) is 5.51. The van der Waals surface area contributed by atoms with Gasteiger partial charge in [0.1, 0.15) is 11.5 Å². The Morgan fingerprint density at radius 3 is 2.57 bits per heavy atom. The molecule has 0 aliphatic heterocycles. The number of nitrogens with one attached hydrogen (secondary N) is 1. The van der Waals surface area contributed by atoms with Gasteiger partial charge in [0.25, 0.3) is 0 Å². The fourth-order valence-electron chi connectivity index (χ4n) is 3.73. The topological polar surface area (TPSA) is 41.5 Å². The lowest BCUT2D eigenvalue weighted by atomic mass is 9.78. The zero-order valence-corrected chi connectivity index (χ0v) is 13.6. The van der Waals surface area contributed by atoms with Crippen molar-refractivity contribution in [2.24, 2.45) is 11.3 Å². The van der Waals surface area contributed by atoms with Crippen molar-refractivity contribution >= 4 is 0 Å². The second-order valence-electron chi connectivity index (χ2n) is 6.90. The van der Waals surface area contributed by atoms with E-state index < -0.39 is 0 Å². The largest absolute Gasteiger partial charge is 0.507 e. The van der Waals surface area contributed by atoms with E-state index in [1.807, 2.05) is 12.1 Å². The Morgan fingerprint density at radius 1 is 1.29 bits per heavy atom. The van der Waals surface area contributed by atoms with Crippen LogP contribution < -0.4 is 10.1 Å². The third-order valence-corrected chi connectivity index (χ3v) is 4.61. The van der Waals surface area contributed by atoms with Crippen molar-refractivity contribution in [1.82, 2.24) is 5.32 Å². The molecule has 2 N–H and O–H groups in total. The van der Waals surface area contributed by atoms with Crippen LogP contribution in [0.5, 0.6) is 11.5 Å².